The van der Waals surface area contributed by atoms with E-state index in [4.69, 9.17) is 0 Å². The average molecular weight is 490 g/mol. The molecule has 37 heavy (non-hydrogen) atoms. The fourth-order valence-electron chi connectivity index (χ4n) is 7.00. The maximum atomic E-state index is 2.56. The van der Waals surface area contributed by atoms with Crippen molar-refractivity contribution in [3.63, 3.8) is 0 Å². The number of thiophene rings is 1. The van der Waals surface area contributed by atoms with Crippen LogP contribution in [-0.4, -0.2) is 4.57 Å². The largest absolute Gasteiger partial charge is 0.309 e. The van der Waals surface area contributed by atoms with E-state index in [0.29, 0.717) is 5.92 Å². The predicted octanol–water partition coefficient (Wildman–Crippen LogP) is 10.3. The molecular weight excluding hydrogens is 466 g/mol. The molecule has 0 aliphatic heterocycles. The molecule has 0 spiro atoms. The Morgan fingerprint density at radius 1 is 0.730 bits per heavy atom. The van der Waals surface area contributed by atoms with E-state index in [2.05, 4.69) is 115 Å². The van der Waals surface area contributed by atoms with Crippen molar-refractivity contribution in [3.05, 3.63) is 108 Å². The fourth-order valence-corrected chi connectivity index (χ4v) is 8.08. The topological polar surface area (TPSA) is 4.93 Å². The van der Waals surface area contributed by atoms with E-state index >= 15 is 0 Å². The summed E-state index contributed by atoms with van der Waals surface area (Å²) in [7, 11) is 0. The van der Waals surface area contributed by atoms with Gasteiger partial charge in [-0.05, 0) is 75.7 Å². The molecule has 2 aliphatic rings. The number of aromatic nitrogens is 1. The minimum absolute atomic E-state index is 0.493. The Morgan fingerprint density at radius 3 is 2.49 bits per heavy atom. The van der Waals surface area contributed by atoms with Crippen LogP contribution in [0.15, 0.2) is 97.1 Å². The van der Waals surface area contributed by atoms with Crippen LogP contribution in [0.3, 0.4) is 0 Å². The quantitative estimate of drug-likeness (QED) is 0.216. The van der Waals surface area contributed by atoms with Gasteiger partial charge in [0.05, 0.1) is 11.2 Å². The average Bonchev–Trinajstić information content (AvgIpc) is 3.58. The standard InChI is InChI=1S/C35H23NS/c1-20-7-4-13-29-32(20)27-17-16-25-24-11-5-8-21-9-6-12-26(33(21)24)34(25)35(27)36(29)22-15-18-31-28(19-22)23-10-2-3-14-30(23)37-31/h2-6,8-20H,7H2,1H3. The lowest BCUT2D eigenvalue weighted by Gasteiger charge is -2.17. The van der Waals surface area contributed by atoms with E-state index in [1.807, 2.05) is 11.3 Å². The molecule has 0 N–H and O–H groups in total. The van der Waals surface area contributed by atoms with Gasteiger partial charge in [-0.1, -0.05) is 79.7 Å². The summed E-state index contributed by atoms with van der Waals surface area (Å²) in [5, 5.41) is 6.80. The highest BCUT2D eigenvalue weighted by molar-refractivity contribution is 7.25. The van der Waals surface area contributed by atoms with Gasteiger partial charge in [0.25, 0.3) is 0 Å². The lowest BCUT2D eigenvalue weighted by molar-refractivity contribution is 0.773. The van der Waals surface area contributed by atoms with Crippen LogP contribution in [0.2, 0.25) is 0 Å². The lowest BCUT2D eigenvalue weighted by atomic mass is 9.89. The summed E-state index contributed by atoms with van der Waals surface area (Å²) in [5.41, 5.74) is 10.9. The van der Waals surface area contributed by atoms with Crippen molar-refractivity contribution in [1.82, 2.24) is 4.57 Å². The first-order valence-electron chi connectivity index (χ1n) is 13.1. The van der Waals surface area contributed by atoms with Gasteiger partial charge in [-0.3, -0.25) is 0 Å². The van der Waals surface area contributed by atoms with Crippen molar-refractivity contribution < 1.29 is 0 Å². The van der Waals surface area contributed by atoms with Crippen molar-refractivity contribution in [2.24, 2.45) is 0 Å². The third-order valence-corrected chi connectivity index (χ3v) is 9.70. The Morgan fingerprint density at radius 2 is 1.57 bits per heavy atom. The van der Waals surface area contributed by atoms with E-state index in [0.717, 1.165) is 6.42 Å². The molecular formula is C35H23NS. The molecule has 9 rings (SSSR count). The first-order chi connectivity index (χ1) is 18.3. The van der Waals surface area contributed by atoms with Crippen LogP contribution in [0.4, 0.5) is 0 Å². The third-order valence-electron chi connectivity index (χ3n) is 8.55. The third kappa shape index (κ3) is 2.49. The molecule has 7 aromatic rings. The maximum Gasteiger partial charge on any atom is 0.0622 e. The van der Waals surface area contributed by atoms with Gasteiger partial charge in [-0.25, -0.2) is 0 Å². The van der Waals surface area contributed by atoms with E-state index in [1.165, 1.54) is 81.0 Å². The molecule has 1 unspecified atom stereocenters. The zero-order chi connectivity index (χ0) is 24.2. The van der Waals surface area contributed by atoms with Gasteiger partial charge in [0, 0.05) is 36.8 Å². The van der Waals surface area contributed by atoms with Gasteiger partial charge in [0.1, 0.15) is 0 Å². The van der Waals surface area contributed by atoms with Gasteiger partial charge >= 0.3 is 0 Å². The van der Waals surface area contributed by atoms with Gasteiger partial charge in [-0.2, -0.15) is 0 Å². The summed E-state index contributed by atoms with van der Waals surface area (Å²) >= 11 is 1.89. The Balaban J connectivity index is 1.46. The Labute approximate surface area is 218 Å². The zero-order valence-electron chi connectivity index (χ0n) is 20.5. The molecule has 0 saturated carbocycles. The Kier molecular flexibility index (Phi) is 3.78. The second kappa shape index (κ2) is 7.00. The molecule has 174 valence electrons. The molecule has 0 fully saturated rings. The Bertz CT molecular complexity index is 2130. The van der Waals surface area contributed by atoms with Crippen molar-refractivity contribution in [3.8, 4) is 27.9 Å². The zero-order valence-corrected chi connectivity index (χ0v) is 21.3. The highest BCUT2D eigenvalue weighted by Crippen LogP contribution is 2.53. The second-order valence-electron chi connectivity index (χ2n) is 10.5. The normalized spacial score (nSPS) is 15.8. The van der Waals surface area contributed by atoms with Crippen LogP contribution in [-0.2, 0) is 0 Å². The molecule has 5 aromatic carbocycles. The summed E-state index contributed by atoms with van der Waals surface area (Å²) in [5.74, 6) is 0.493. The number of fused-ring (bicyclic) bond motifs is 10. The van der Waals surface area contributed by atoms with Gasteiger partial charge in [-0.15, -0.1) is 11.3 Å². The lowest BCUT2D eigenvalue weighted by Crippen LogP contribution is -2.03. The minimum atomic E-state index is 0.493. The number of allylic oxidation sites excluding steroid dienone is 1. The van der Waals surface area contributed by atoms with Crippen molar-refractivity contribution in [1.29, 1.82) is 0 Å². The highest BCUT2D eigenvalue weighted by atomic mass is 32.1. The Hall–Kier alpha value is -4.14. The van der Waals surface area contributed by atoms with Crippen LogP contribution in [0.1, 0.15) is 30.5 Å². The fraction of sp³-hybridized carbons (Fsp3) is 0.0857. The maximum absolute atomic E-state index is 2.56. The van der Waals surface area contributed by atoms with E-state index in [-0.39, 0.29) is 0 Å². The van der Waals surface area contributed by atoms with Gasteiger partial charge in [0.15, 0.2) is 0 Å². The van der Waals surface area contributed by atoms with E-state index < -0.39 is 0 Å². The first kappa shape index (κ1) is 20.0. The van der Waals surface area contributed by atoms with E-state index in [1.54, 1.807) is 0 Å². The van der Waals surface area contributed by atoms with Gasteiger partial charge in [0.2, 0.25) is 0 Å². The number of hydrogen-bond donors (Lipinski definition) is 0. The molecule has 0 saturated heterocycles. The van der Waals surface area contributed by atoms with Crippen molar-refractivity contribution in [2.45, 2.75) is 19.3 Å². The molecule has 0 bridgehead atoms. The summed E-state index contributed by atoms with van der Waals surface area (Å²) in [4.78, 5) is 0. The molecule has 0 amide bonds. The van der Waals surface area contributed by atoms with E-state index in [9.17, 15) is 0 Å². The number of rotatable bonds is 1. The smallest absolute Gasteiger partial charge is 0.0622 e. The molecule has 2 heterocycles. The van der Waals surface area contributed by atoms with Crippen LogP contribution in [0.25, 0.3) is 75.9 Å². The SMILES string of the molecule is CC1CC=Cc2c1c1ccc3c(c1n2-c1ccc2sc4ccccc4c2c1)-c1cccc2cccc-3c12. The summed E-state index contributed by atoms with van der Waals surface area (Å²) in [6.07, 6.45) is 5.81. The van der Waals surface area contributed by atoms with Crippen molar-refractivity contribution in [2.75, 3.05) is 0 Å². The van der Waals surface area contributed by atoms with Gasteiger partial charge < -0.3 is 4.57 Å². The van der Waals surface area contributed by atoms with Crippen LogP contribution in [0.5, 0.6) is 0 Å². The number of hydrogen-bond acceptors (Lipinski definition) is 1. The second-order valence-corrected chi connectivity index (χ2v) is 11.6. The predicted molar refractivity (Wildman–Crippen MR) is 160 cm³/mol. The summed E-state index contributed by atoms with van der Waals surface area (Å²) in [6, 6.07) is 34.2. The molecule has 0 radical (unpaired) electrons. The van der Waals surface area contributed by atoms with Crippen LogP contribution >= 0.6 is 11.3 Å². The minimum Gasteiger partial charge on any atom is -0.309 e. The summed E-state index contributed by atoms with van der Waals surface area (Å²) in [6.45, 7) is 2.38. The number of benzene rings is 5. The molecule has 2 aliphatic carbocycles. The monoisotopic (exact) mass is 489 g/mol. The van der Waals surface area contributed by atoms with Crippen LogP contribution < -0.4 is 0 Å². The van der Waals surface area contributed by atoms with Crippen molar-refractivity contribution >= 4 is 59.3 Å². The molecule has 2 aromatic heterocycles. The molecule has 1 atom stereocenters. The molecule has 1 nitrogen and oxygen atoms in total. The molecule has 2 heteroatoms. The summed E-state index contributed by atoms with van der Waals surface area (Å²) < 4.78 is 5.26. The van der Waals surface area contributed by atoms with Crippen LogP contribution in [0, 0.1) is 0 Å². The highest BCUT2D eigenvalue weighted by Gasteiger charge is 2.30. The number of nitrogens with zero attached hydrogens (tertiary/aromatic N) is 1. The first-order valence-corrected chi connectivity index (χ1v) is 13.9.